The van der Waals surface area contributed by atoms with Crippen LogP contribution in [0.2, 0.25) is 0 Å². The molecule has 0 aliphatic heterocycles. The third kappa shape index (κ3) is 3.70. The van der Waals surface area contributed by atoms with Gasteiger partial charge in [-0.2, -0.15) is 0 Å². The van der Waals surface area contributed by atoms with Crippen LogP contribution >= 0.6 is 0 Å². The molecule has 0 spiro atoms. The lowest BCUT2D eigenvalue weighted by molar-refractivity contribution is -0.123. The molecule has 1 aromatic carbocycles. The van der Waals surface area contributed by atoms with Gasteiger partial charge in [-0.3, -0.25) is 4.79 Å². The zero-order chi connectivity index (χ0) is 13.8. The first-order chi connectivity index (χ1) is 9.06. The SMILES string of the molecule is Cc1cccc(OCC(=O)NCC2CC(O)C2)c1C. The fourth-order valence-electron chi connectivity index (χ4n) is 2.20. The highest BCUT2D eigenvalue weighted by Gasteiger charge is 2.27. The Morgan fingerprint density at radius 2 is 2.16 bits per heavy atom. The number of carbonyl (C=O) groups excluding carboxylic acids is 1. The summed E-state index contributed by atoms with van der Waals surface area (Å²) in [6.45, 7) is 4.67. The Hall–Kier alpha value is -1.55. The lowest BCUT2D eigenvalue weighted by Gasteiger charge is -2.31. The van der Waals surface area contributed by atoms with Crippen LogP contribution in [0, 0.1) is 19.8 Å². The Morgan fingerprint density at radius 3 is 2.84 bits per heavy atom. The number of nitrogens with one attached hydrogen (secondary N) is 1. The summed E-state index contributed by atoms with van der Waals surface area (Å²) in [5, 5.41) is 12.0. The van der Waals surface area contributed by atoms with E-state index in [1.54, 1.807) is 0 Å². The van der Waals surface area contributed by atoms with Crippen LogP contribution < -0.4 is 10.1 Å². The summed E-state index contributed by atoms with van der Waals surface area (Å²) >= 11 is 0. The van der Waals surface area contributed by atoms with Gasteiger partial charge >= 0.3 is 0 Å². The molecule has 0 radical (unpaired) electrons. The average Bonchev–Trinajstić information content (AvgIpc) is 2.35. The Bertz CT molecular complexity index is 453. The maximum atomic E-state index is 11.6. The molecule has 4 nitrogen and oxygen atoms in total. The Balaban J connectivity index is 1.72. The smallest absolute Gasteiger partial charge is 0.257 e. The van der Waals surface area contributed by atoms with Gasteiger partial charge in [0.05, 0.1) is 6.10 Å². The van der Waals surface area contributed by atoms with Crippen LogP contribution in [0.5, 0.6) is 5.75 Å². The predicted octanol–water partition coefficient (Wildman–Crippen LogP) is 1.57. The predicted molar refractivity (Wildman–Crippen MR) is 73.2 cm³/mol. The highest BCUT2D eigenvalue weighted by molar-refractivity contribution is 5.77. The van der Waals surface area contributed by atoms with Crippen molar-refractivity contribution >= 4 is 5.91 Å². The fraction of sp³-hybridized carbons (Fsp3) is 0.533. The van der Waals surface area contributed by atoms with Gasteiger partial charge in [-0.15, -0.1) is 0 Å². The van der Waals surface area contributed by atoms with Crippen molar-refractivity contribution in [2.24, 2.45) is 5.92 Å². The third-order valence-corrected chi connectivity index (χ3v) is 3.71. The number of hydrogen-bond acceptors (Lipinski definition) is 3. The van der Waals surface area contributed by atoms with E-state index in [0.717, 1.165) is 29.7 Å². The first kappa shape index (κ1) is 13.9. The summed E-state index contributed by atoms with van der Waals surface area (Å²) in [4.78, 5) is 11.6. The monoisotopic (exact) mass is 263 g/mol. The van der Waals surface area contributed by atoms with E-state index in [2.05, 4.69) is 5.32 Å². The molecule has 0 bridgehead atoms. The molecule has 2 N–H and O–H groups in total. The molecule has 0 heterocycles. The zero-order valence-electron chi connectivity index (χ0n) is 11.5. The maximum Gasteiger partial charge on any atom is 0.257 e. The van der Waals surface area contributed by atoms with E-state index in [1.165, 1.54) is 0 Å². The van der Waals surface area contributed by atoms with Gasteiger partial charge < -0.3 is 15.2 Å². The Labute approximate surface area is 113 Å². The van der Waals surface area contributed by atoms with Gasteiger partial charge in [-0.1, -0.05) is 12.1 Å². The quantitative estimate of drug-likeness (QED) is 0.847. The maximum absolute atomic E-state index is 11.6. The molecule has 1 fully saturated rings. The summed E-state index contributed by atoms with van der Waals surface area (Å²) < 4.78 is 5.52. The van der Waals surface area contributed by atoms with Crippen LogP contribution in [-0.4, -0.2) is 30.3 Å². The first-order valence-electron chi connectivity index (χ1n) is 6.70. The zero-order valence-corrected chi connectivity index (χ0v) is 11.5. The average molecular weight is 263 g/mol. The van der Waals surface area contributed by atoms with E-state index in [1.807, 2.05) is 32.0 Å². The largest absolute Gasteiger partial charge is 0.483 e. The minimum Gasteiger partial charge on any atom is -0.483 e. The van der Waals surface area contributed by atoms with Crippen LogP contribution in [0.25, 0.3) is 0 Å². The van der Waals surface area contributed by atoms with Crippen LogP contribution in [0.1, 0.15) is 24.0 Å². The molecule has 0 atom stereocenters. The number of aryl methyl sites for hydroxylation is 1. The summed E-state index contributed by atoms with van der Waals surface area (Å²) in [5.41, 5.74) is 2.22. The van der Waals surface area contributed by atoms with Crippen molar-refractivity contribution in [1.82, 2.24) is 5.32 Å². The van der Waals surface area contributed by atoms with Gasteiger partial charge in [0.15, 0.2) is 6.61 Å². The molecule has 1 aliphatic rings. The number of aliphatic hydroxyl groups is 1. The summed E-state index contributed by atoms with van der Waals surface area (Å²) in [7, 11) is 0. The molecule has 0 saturated heterocycles. The lowest BCUT2D eigenvalue weighted by atomic mass is 9.82. The van der Waals surface area contributed by atoms with E-state index in [4.69, 9.17) is 9.84 Å². The van der Waals surface area contributed by atoms with E-state index in [9.17, 15) is 4.79 Å². The van der Waals surface area contributed by atoms with Gasteiger partial charge in [0.25, 0.3) is 5.91 Å². The molecule has 0 aromatic heterocycles. The second-order valence-electron chi connectivity index (χ2n) is 5.28. The van der Waals surface area contributed by atoms with Crippen molar-refractivity contribution < 1.29 is 14.6 Å². The van der Waals surface area contributed by atoms with E-state index in [-0.39, 0.29) is 18.6 Å². The molecular formula is C15H21NO3. The highest BCUT2D eigenvalue weighted by Crippen LogP contribution is 2.26. The summed E-state index contributed by atoms with van der Waals surface area (Å²) in [6.07, 6.45) is 1.41. The summed E-state index contributed by atoms with van der Waals surface area (Å²) in [5.74, 6) is 1.07. The van der Waals surface area contributed by atoms with Crippen LogP contribution in [0.4, 0.5) is 0 Å². The number of hydrogen-bond donors (Lipinski definition) is 2. The van der Waals surface area contributed by atoms with Gasteiger partial charge in [0.2, 0.25) is 0 Å². The number of ether oxygens (including phenoxy) is 1. The molecular weight excluding hydrogens is 242 g/mol. The van der Waals surface area contributed by atoms with Crippen molar-refractivity contribution in [1.29, 1.82) is 0 Å². The number of carbonyl (C=O) groups is 1. The van der Waals surface area contributed by atoms with E-state index < -0.39 is 0 Å². The third-order valence-electron chi connectivity index (χ3n) is 3.71. The van der Waals surface area contributed by atoms with Gasteiger partial charge in [-0.25, -0.2) is 0 Å². The minimum atomic E-state index is -0.173. The highest BCUT2D eigenvalue weighted by atomic mass is 16.5. The topological polar surface area (TPSA) is 58.6 Å². The molecule has 2 rings (SSSR count). The lowest BCUT2D eigenvalue weighted by Crippen LogP contribution is -2.40. The minimum absolute atomic E-state index is 0.0412. The van der Waals surface area contributed by atoms with Crippen molar-refractivity contribution in [3.63, 3.8) is 0 Å². The van der Waals surface area contributed by atoms with Crippen LogP contribution in [0.3, 0.4) is 0 Å². The molecule has 19 heavy (non-hydrogen) atoms. The number of aliphatic hydroxyl groups excluding tert-OH is 1. The number of rotatable bonds is 5. The van der Waals surface area contributed by atoms with Crippen molar-refractivity contribution in [2.45, 2.75) is 32.8 Å². The van der Waals surface area contributed by atoms with Crippen LogP contribution in [-0.2, 0) is 4.79 Å². The Morgan fingerprint density at radius 1 is 1.42 bits per heavy atom. The second kappa shape index (κ2) is 6.06. The molecule has 4 heteroatoms. The standard InChI is InChI=1S/C15H21NO3/c1-10-4-3-5-14(11(10)2)19-9-15(18)16-8-12-6-13(17)7-12/h3-5,12-13,17H,6-9H2,1-2H3,(H,16,18). The Kier molecular flexibility index (Phi) is 4.43. The van der Waals surface area contributed by atoms with E-state index in [0.29, 0.717) is 12.5 Å². The summed E-state index contributed by atoms with van der Waals surface area (Å²) in [6, 6.07) is 5.81. The first-order valence-corrected chi connectivity index (χ1v) is 6.70. The second-order valence-corrected chi connectivity index (χ2v) is 5.28. The number of benzene rings is 1. The van der Waals surface area contributed by atoms with Crippen LogP contribution in [0.15, 0.2) is 18.2 Å². The molecule has 0 unspecified atom stereocenters. The van der Waals surface area contributed by atoms with Gasteiger partial charge in [-0.05, 0) is 49.8 Å². The van der Waals surface area contributed by atoms with Gasteiger partial charge in [0.1, 0.15) is 5.75 Å². The molecule has 1 amide bonds. The molecule has 1 aliphatic carbocycles. The molecule has 104 valence electrons. The number of amides is 1. The van der Waals surface area contributed by atoms with Crippen molar-refractivity contribution in [3.05, 3.63) is 29.3 Å². The van der Waals surface area contributed by atoms with Crippen molar-refractivity contribution in [3.8, 4) is 5.75 Å². The van der Waals surface area contributed by atoms with Crippen molar-refractivity contribution in [2.75, 3.05) is 13.2 Å². The normalized spacial score (nSPS) is 21.6. The van der Waals surface area contributed by atoms with Gasteiger partial charge in [0, 0.05) is 6.54 Å². The molecule has 1 aromatic rings. The molecule has 1 saturated carbocycles. The fourth-order valence-corrected chi connectivity index (χ4v) is 2.20. The van der Waals surface area contributed by atoms with E-state index >= 15 is 0 Å².